The summed E-state index contributed by atoms with van der Waals surface area (Å²) in [5.41, 5.74) is 1.39. The summed E-state index contributed by atoms with van der Waals surface area (Å²) in [6.07, 6.45) is 5.61. The van der Waals surface area contributed by atoms with E-state index in [1.807, 2.05) is 0 Å². The van der Waals surface area contributed by atoms with E-state index in [2.05, 4.69) is 17.4 Å². The molecule has 2 fully saturated rings. The third-order valence-corrected chi connectivity index (χ3v) is 5.39. The lowest BCUT2D eigenvalue weighted by Gasteiger charge is -2.28. The summed E-state index contributed by atoms with van der Waals surface area (Å²) in [6, 6.07) is 0.247. The van der Waals surface area contributed by atoms with E-state index in [0.717, 1.165) is 11.8 Å². The Hall–Kier alpha value is -1.03. The molecule has 0 aliphatic heterocycles. The molecule has 2 saturated carbocycles. The van der Waals surface area contributed by atoms with E-state index in [-0.39, 0.29) is 23.6 Å². The monoisotopic (exact) mass is 296 g/mol. The quantitative estimate of drug-likeness (QED) is 0.929. The molecule has 0 saturated heterocycles. The molecule has 0 radical (unpaired) electrons. The van der Waals surface area contributed by atoms with Crippen LogP contribution in [-0.4, -0.2) is 17.1 Å². The van der Waals surface area contributed by atoms with E-state index in [9.17, 15) is 4.79 Å². The Morgan fingerprint density at radius 3 is 2.85 bits per heavy atom. The number of halogens is 1. The lowest BCUT2D eigenvalue weighted by atomic mass is 9.84. The summed E-state index contributed by atoms with van der Waals surface area (Å²) in [5.74, 6) is 2.38. The lowest BCUT2D eigenvalue weighted by Crippen LogP contribution is -2.40. The zero-order chi connectivity index (χ0) is 14.3. The second-order valence-corrected chi connectivity index (χ2v) is 6.74. The minimum absolute atomic E-state index is 0.00785. The normalized spacial score (nSPS) is 29.6. The van der Waals surface area contributed by atoms with E-state index in [0.29, 0.717) is 17.2 Å². The maximum atomic E-state index is 12.1. The average Bonchev–Trinajstić information content (AvgIpc) is 3.10. The van der Waals surface area contributed by atoms with Crippen molar-refractivity contribution < 1.29 is 9.32 Å². The SMILES string of the molecule is Cc1noc(Cl)c1CC(=O)N[C@H](C)[C@H]1C[C@H]2CC[C@H]1C2. The molecule has 1 heterocycles. The molecule has 2 aliphatic carbocycles. The molecule has 3 rings (SSSR count). The molecule has 1 amide bonds. The lowest BCUT2D eigenvalue weighted by molar-refractivity contribution is -0.121. The molecule has 2 bridgehead atoms. The van der Waals surface area contributed by atoms with Crippen molar-refractivity contribution in [3.63, 3.8) is 0 Å². The molecular weight excluding hydrogens is 276 g/mol. The number of carbonyl (C=O) groups excluding carboxylic acids is 1. The van der Waals surface area contributed by atoms with Gasteiger partial charge in [-0.25, -0.2) is 0 Å². The van der Waals surface area contributed by atoms with E-state index < -0.39 is 0 Å². The molecule has 110 valence electrons. The molecule has 1 N–H and O–H groups in total. The van der Waals surface area contributed by atoms with Crippen LogP contribution in [0.3, 0.4) is 0 Å². The van der Waals surface area contributed by atoms with Crippen LogP contribution in [0.25, 0.3) is 0 Å². The first-order valence-electron chi connectivity index (χ1n) is 7.44. The molecule has 1 aromatic rings. The average molecular weight is 297 g/mol. The van der Waals surface area contributed by atoms with Gasteiger partial charge in [0.15, 0.2) is 0 Å². The largest absolute Gasteiger partial charge is 0.353 e. The minimum Gasteiger partial charge on any atom is -0.353 e. The number of aromatic nitrogens is 1. The van der Waals surface area contributed by atoms with Crippen LogP contribution < -0.4 is 5.32 Å². The van der Waals surface area contributed by atoms with E-state index in [4.69, 9.17) is 16.1 Å². The summed E-state index contributed by atoms with van der Waals surface area (Å²) < 4.78 is 4.88. The number of nitrogens with zero attached hydrogens (tertiary/aromatic N) is 1. The Morgan fingerprint density at radius 1 is 1.50 bits per heavy atom. The van der Waals surface area contributed by atoms with E-state index in [1.54, 1.807) is 6.92 Å². The highest BCUT2D eigenvalue weighted by molar-refractivity contribution is 6.29. The predicted molar refractivity (Wildman–Crippen MR) is 76.5 cm³/mol. The maximum Gasteiger partial charge on any atom is 0.229 e. The predicted octanol–water partition coefficient (Wildman–Crippen LogP) is 3.12. The first kappa shape index (κ1) is 13.9. The summed E-state index contributed by atoms with van der Waals surface area (Å²) >= 11 is 5.90. The van der Waals surface area contributed by atoms with Crippen LogP contribution in [0.5, 0.6) is 0 Å². The summed E-state index contributed by atoms with van der Waals surface area (Å²) in [7, 11) is 0. The Kier molecular flexibility index (Phi) is 3.76. The molecule has 1 aromatic heterocycles. The van der Waals surface area contributed by atoms with Crippen molar-refractivity contribution in [2.24, 2.45) is 17.8 Å². The van der Waals surface area contributed by atoms with Crippen LogP contribution in [0.15, 0.2) is 4.52 Å². The number of aryl methyl sites for hydroxylation is 1. The number of hydrogen-bond donors (Lipinski definition) is 1. The molecule has 0 unspecified atom stereocenters. The zero-order valence-corrected chi connectivity index (χ0v) is 12.7. The van der Waals surface area contributed by atoms with Crippen LogP contribution in [-0.2, 0) is 11.2 Å². The smallest absolute Gasteiger partial charge is 0.229 e. The fourth-order valence-corrected chi connectivity index (χ4v) is 4.28. The fraction of sp³-hybridized carbons (Fsp3) is 0.733. The molecule has 20 heavy (non-hydrogen) atoms. The van der Waals surface area contributed by atoms with Gasteiger partial charge in [0.25, 0.3) is 0 Å². The van der Waals surface area contributed by atoms with Crippen molar-refractivity contribution in [2.45, 2.75) is 52.0 Å². The van der Waals surface area contributed by atoms with Crippen LogP contribution in [0.1, 0.15) is 43.9 Å². The standard InChI is InChI=1S/C15H21ClN2O2/c1-8(12-6-10-3-4-11(12)5-10)17-14(19)7-13-9(2)18-20-15(13)16/h8,10-12H,3-7H2,1-2H3,(H,17,19)/t8-,10+,11+,12-/m1/s1. The van der Waals surface area contributed by atoms with Gasteiger partial charge in [-0.2, -0.15) is 0 Å². The Bertz CT molecular complexity index is 494. The van der Waals surface area contributed by atoms with Crippen molar-refractivity contribution in [1.82, 2.24) is 10.5 Å². The second-order valence-electron chi connectivity index (χ2n) is 6.39. The number of amides is 1. The van der Waals surface area contributed by atoms with Gasteiger partial charge in [-0.3, -0.25) is 4.79 Å². The number of fused-ring (bicyclic) bond motifs is 2. The van der Waals surface area contributed by atoms with Crippen molar-refractivity contribution in [2.75, 3.05) is 0 Å². The first-order chi connectivity index (χ1) is 9.54. The molecule has 4 atom stereocenters. The van der Waals surface area contributed by atoms with Gasteiger partial charge in [0, 0.05) is 11.6 Å². The number of hydrogen-bond acceptors (Lipinski definition) is 3. The highest BCUT2D eigenvalue weighted by Crippen LogP contribution is 2.49. The number of carbonyl (C=O) groups is 1. The van der Waals surface area contributed by atoms with Crippen molar-refractivity contribution in [1.29, 1.82) is 0 Å². The molecule has 0 spiro atoms. The van der Waals surface area contributed by atoms with Crippen LogP contribution in [0, 0.1) is 24.7 Å². The molecule has 4 nitrogen and oxygen atoms in total. The highest BCUT2D eigenvalue weighted by Gasteiger charge is 2.42. The molecule has 0 aromatic carbocycles. The van der Waals surface area contributed by atoms with Gasteiger partial charge in [-0.05, 0) is 62.5 Å². The Balaban J connectivity index is 1.56. The molecular formula is C15H21ClN2O2. The third kappa shape index (κ3) is 2.58. The van der Waals surface area contributed by atoms with Crippen molar-refractivity contribution in [3.8, 4) is 0 Å². The second kappa shape index (κ2) is 5.40. The van der Waals surface area contributed by atoms with Gasteiger partial charge in [-0.15, -0.1) is 0 Å². The van der Waals surface area contributed by atoms with Gasteiger partial charge in [0.05, 0.1) is 12.1 Å². The minimum atomic E-state index is 0.00785. The topological polar surface area (TPSA) is 55.1 Å². The van der Waals surface area contributed by atoms with Gasteiger partial charge in [0.1, 0.15) is 0 Å². The van der Waals surface area contributed by atoms with E-state index in [1.165, 1.54) is 25.7 Å². The summed E-state index contributed by atoms with van der Waals surface area (Å²) in [6.45, 7) is 3.93. The summed E-state index contributed by atoms with van der Waals surface area (Å²) in [5, 5.41) is 7.13. The number of rotatable bonds is 4. The summed E-state index contributed by atoms with van der Waals surface area (Å²) in [4.78, 5) is 12.1. The van der Waals surface area contributed by atoms with Crippen molar-refractivity contribution in [3.05, 3.63) is 16.5 Å². The molecule has 5 heteroatoms. The van der Waals surface area contributed by atoms with Gasteiger partial charge in [0.2, 0.25) is 11.1 Å². The highest BCUT2D eigenvalue weighted by atomic mass is 35.5. The first-order valence-corrected chi connectivity index (χ1v) is 7.82. The van der Waals surface area contributed by atoms with Gasteiger partial charge in [-0.1, -0.05) is 11.6 Å². The van der Waals surface area contributed by atoms with E-state index >= 15 is 0 Å². The van der Waals surface area contributed by atoms with Crippen LogP contribution in [0.4, 0.5) is 0 Å². The molecule has 2 aliphatic rings. The van der Waals surface area contributed by atoms with Gasteiger partial charge >= 0.3 is 0 Å². The van der Waals surface area contributed by atoms with Crippen LogP contribution in [0.2, 0.25) is 5.22 Å². The van der Waals surface area contributed by atoms with Gasteiger partial charge < -0.3 is 9.84 Å². The maximum absolute atomic E-state index is 12.1. The number of nitrogens with one attached hydrogen (secondary N) is 1. The Labute approximate surface area is 124 Å². The van der Waals surface area contributed by atoms with Crippen molar-refractivity contribution >= 4 is 17.5 Å². The Morgan fingerprint density at radius 2 is 2.30 bits per heavy atom. The van der Waals surface area contributed by atoms with Crippen LogP contribution >= 0.6 is 11.6 Å². The fourth-order valence-electron chi connectivity index (χ4n) is 4.04. The third-order valence-electron chi connectivity index (χ3n) is 5.10. The zero-order valence-electron chi connectivity index (χ0n) is 12.0.